The molecule has 0 saturated carbocycles. The smallest absolute Gasteiger partial charge is 0.0279 e. The molecule has 1 aromatic rings. The standard InChI is InChI=1S/C24H42/c1-3-5-7-9-10-11-12-13-14-16-18-24-21-19-23(20-22-24)17-15-8-6-4-2/h19-22H,3-18H2,1-2H3. The van der Waals surface area contributed by atoms with Crippen molar-refractivity contribution in [3.05, 3.63) is 35.4 Å². The molecule has 138 valence electrons. The monoisotopic (exact) mass is 330 g/mol. The number of aryl methyl sites for hydroxylation is 2. The van der Waals surface area contributed by atoms with Crippen LogP contribution in [0.15, 0.2) is 24.3 Å². The molecule has 0 fully saturated rings. The molecule has 0 unspecified atom stereocenters. The third-order valence-electron chi connectivity index (χ3n) is 5.16. The van der Waals surface area contributed by atoms with Gasteiger partial charge in [0, 0.05) is 0 Å². The Morgan fingerprint density at radius 3 is 1.08 bits per heavy atom. The van der Waals surface area contributed by atoms with Gasteiger partial charge < -0.3 is 0 Å². The summed E-state index contributed by atoms with van der Waals surface area (Å²) >= 11 is 0. The molecule has 0 atom stereocenters. The van der Waals surface area contributed by atoms with Crippen molar-refractivity contribution < 1.29 is 0 Å². The maximum atomic E-state index is 2.36. The molecular weight excluding hydrogens is 288 g/mol. The Hall–Kier alpha value is -0.780. The van der Waals surface area contributed by atoms with E-state index in [0.717, 1.165) is 0 Å². The second-order valence-corrected chi connectivity index (χ2v) is 7.56. The summed E-state index contributed by atoms with van der Waals surface area (Å²) in [5, 5.41) is 0. The van der Waals surface area contributed by atoms with Gasteiger partial charge in [-0.05, 0) is 36.8 Å². The Morgan fingerprint density at radius 1 is 0.417 bits per heavy atom. The molecule has 0 saturated heterocycles. The van der Waals surface area contributed by atoms with Crippen molar-refractivity contribution in [2.24, 2.45) is 0 Å². The molecule has 0 aliphatic rings. The van der Waals surface area contributed by atoms with Crippen LogP contribution in [0.3, 0.4) is 0 Å². The average molecular weight is 331 g/mol. The van der Waals surface area contributed by atoms with Gasteiger partial charge in [0.05, 0.1) is 0 Å². The minimum absolute atomic E-state index is 1.26. The lowest BCUT2D eigenvalue weighted by atomic mass is 10.0. The highest BCUT2D eigenvalue weighted by Crippen LogP contribution is 2.14. The van der Waals surface area contributed by atoms with Gasteiger partial charge in [-0.3, -0.25) is 0 Å². The van der Waals surface area contributed by atoms with E-state index in [1.807, 2.05) is 0 Å². The number of hydrogen-bond acceptors (Lipinski definition) is 0. The van der Waals surface area contributed by atoms with Gasteiger partial charge >= 0.3 is 0 Å². The molecule has 0 bridgehead atoms. The highest BCUT2D eigenvalue weighted by Gasteiger charge is 1.97. The van der Waals surface area contributed by atoms with E-state index in [9.17, 15) is 0 Å². The van der Waals surface area contributed by atoms with Crippen molar-refractivity contribution in [1.29, 1.82) is 0 Å². The van der Waals surface area contributed by atoms with Crippen LogP contribution in [0.25, 0.3) is 0 Å². The first kappa shape index (κ1) is 21.3. The van der Waals surface area contributed by atoms with Crippen LogP contribution in [0.1, 0.15) is 115 Å². The van der Waals surface area contributed by atoms with Crippen molar-refractivity contribution >= 4 is 0 Å². The fourth-order valence-electron chi connectivity index (χ4n) is 3.45. The van der Waals surface area contributed by atoms with Gasteiger partial charge in [-0.15, -0.1) is 0 Å². The molecule has 0 spiro atoms. The van der Waals surface area contributed by atoms with Crippen LogP contribution < -0.4 is 0 Å². The zero-order chi connectivity index (χ0) is 17.3. The second-order valence-electron chi connectivity index (χ2n) is 7.56. The molecule has 1 aromatic carbocycles. The molecule has 0 aliphatic carbocycles. The number of benzene rings is 1. The van der Waals surface area contributed by atoms with Crippen molar-refractivity contribution in [2.45, 2.75) is 117 Å². The van der Waals surface area contributed by atoms with E-state index in [4.69, 9.17) is 0 Å². The summed E-state index contributed by atoms with van der Waals surface area (Å²) in [6, 6.07) is 9.45. The molecular formula is C24H42. The summed E-state index contributed by atoms with van der Waals surface area (Å²) in [6.45, 7) is 4.57. The Morgan fingerprint density at radius 2 is 0.708 bits per heavy atom. The lowest BCUT2D eigenvalue weighted by Gasteiger charge is -2.05. The normalized spacial score (nSPS) is 11.1. The van der Waals surface area contributed by atoms with Crippen LogP contribution in [0.2, 0.25) is 0 Å². The summed E-state index contributed by atoms with van der Waals surface area (Å²) in [6.07, 6.45) is 22.3. The van der Waals surface area contributed by atoms with Gasteiger partial charge in [0.15, 0.2) is 0 Å². The third kappa shape index (κ3) is 11.7. The predicted octanol–water partition coefficient (Wildman–Crippen LogP) is 8.27. The first-order chi connectivity index (χ1) is 11.9. The van der Waals surface area contributed by atoms with Gasteiger partial charge in [0.2, 0.25) is 0 Å². The Kier molecular flexibility index (Phi) is 13.9. The van der Waals surface area contributed by atoms with Crippen molar-refractivity contribution in [1.82, 2.24) is 0 Å². The fraction of sp³-hybridized carbons (Fsp3) is 0.750. The first-order valence-electron chi connectivity index (χ1n) is 10.9. The molecule has 0 heterocycles. The summed E-state index contributed by atoms with van der Waals surface area (Å²) < 4.78 is 0. The third-order valence-corrected chi connectivity index (χ3v) is 5.16. The number of unbranched alkanes of at least 4 members (excludes halogenated alkanes) is 12. The van der Waals surface area contributed by atoms with Crippen LogP contribution in [-0.4, -0.2) is 0 Å². The predicted molar refractivity (Wildman–Crippen MR) is 110 cm³/mol. The van der Waals surface area contributed by atoms with Crippen LogP contribution in [0, 0.1) is 0 Å². The van der Waals surface area contributed by atoms with Crippen LogP contribution >= 0.6 is 0 Å². The molecule has 0 radical (unpaired) electrons. The molecule has 0 heteroatoms. The molecule has 24 heavy (non-hydrogen) atoms. The average Bonchev–Trinajstić information content (AvgIpc) is 2.61. The Bertz CT molecular complexity index is 362. The van der Waals surface area contributed by atoms with Gasteiger partial charge in [0.1, 0.15) is 0 Å². The minimum Gasteiger partial charge on any atom is -0.0654 e. The summed E-state index contributed by atoms with van der Waals surface area (Å²) in [4.78, 5) is 0. The number of rotatable bonds is 16. The van der Waals surface area contributed by atoms with Gasteiger partial charge in [0.25, 0.3) is 0 Å². The molecule has 0 amide bonds. The second kappa shape index (κ2) is 15.7. The van der Waals surface area contributed by atoms with Crippen LogP contribution in [0.4, 0.5) is 0 Å². The minimum atomic E-state index is 1.26. The Labute approximate surface area is 152 Å². The quantitative estimate of drug-likeness (QED) is 0.267. The van der Waals surface area contributed by atoms with E-state index in [2.05, 4.69) is 38.1 Å². The van der Waals surface area contributed by atoms with Crippen LogP contribution in [0.5, 0.6) is 0 Å². The van der Waals surface area contributed by atoms with Crippen molar-refractivity contribution in [3.8, 4) is 0 Å². The van der Waals surface area contributed by atoms with Crippen molar-refractivity contribution in [3.63, 3.8) is 0 Å². The van der Waals surface area contributed by atoms with E-state index in [1.165, 1.54) is 114 Å². The molecule has 1 rings (SSSR count). The van der Waals surface area contributed by atoms with Crippen molar-refractivity contribution in [2.75, 3.05) is 0 Å². The van der Waals surface area contributed by atoms with E-state index in [0.29, 0.717) is 0 Å². The molecule has 0 aliphatic heterocycles. The van der Waals surface area contributed by atoms with E-state index in [1.54, 1.807) is 0 Å². The zero-order valence-corrected chi connectivity index (χ0v) is 16.6. The fourth-order valence-corrected chi connectivity index (χ4v) is 3.45. The molecule has 0 aromatic heterocycles. The van der Waals surface area contributed by atoms with Crippen LogP contribution in [-0.2, 0) is 12.8 Å². The largest absolute Gasteiger partial charge is 0.0654 e. The maximum absolute atomic E-state index is 2.36. The number of hydrogen-bond donors (Lipinski definition) is 0. The molecule has 0 nitrogen and oxygen atoms in total. The summed E-state index contributed by atoms with van der Waals surface area (Å²) in [5.41, 5.74) is 3.06. The first-order valence-corrected chi connectivity index (χ1v) is 10.9. The van der Waals surface area contributed by atoms with E-state index >= 15 is 0 Å². The highest BCUT2D eigenvalue weighted by molar-refractivity contribution is 5.22. The Balaban J connectivity index is 1.97. The zero-order valence-electron chi connectivity index (χ0n) is 16.6. The summed E-state index contributed by atoms with van der Waals surface area (Å²) in [5.74, 6) is 0. The SMILES string of the molecule is CCCCCCCCCCCCc1ccc(CCCCCC)cc1. The van der Waals surface area contributed by atoms with E-state index in [-0.39, 0.29) is 0 Å². The van der Waals surface area contributed by atoms with Gasteiger partial charge in [-0.25, -0.2) is 0 Å². The molecule has 0 N–H and O–H groups in total. The lowest BCUT2D eigenvalue weighted by Crippen LogP contribution is -1.90. The summed E-state index contributed by atoms with van der Waals surface area (Å²) in [7, 11) is 0. The van der Waals surface area contributed by atoms with E-state index < -0.39 is 0 Å². The topological polar surface area (TPSA) is 0 Å². The van der Waals surface area contributed by atoms with Gasteiger partial charge in [-0.2, -0.15) is 0 Å². The highest BCUT2D eigenvalue weighted by atomic mass is 14.0. The lowest BCUT2D eigenvalue weighted by molar-refractivity contribution is 0.556. The maximum Gasteiger partial charge on any atom is -0.0279 e. The van der Waals surface area contributed by atoms with Gasteiger partial charge in [-0.1, -0.05) is 115 Å².